The van der Waals surface area contributed by atoms with E-state index in [9.17, 15) is 14.7 Å². The second-order valence-electron chi connectivity index (χ2n) is 6.54. The normalized spacial score (nSPS) is 17.0. The molecular formula is C16H24ClN4O4+. The van der Waals surface area contributed by atoms with Gasteiger partial charge in [0.1, 0.15) is 5.75 Å². The number of benzene rings is 1. The third-order valence-corrected chi connectivity index (χ3v) is 4.66. The van der Waals surface area contributed by atoms with Crippen molar-refractivity contribution in [2.75, 3.05) is 64.6 Å². The molecule has 1 heterocycles. The Balaban J connectivity index is 2.03. The zero-order valence-electron chi connectivity index (χ0n) is 14.6. The number of ether oxygens (including phenoxy) is 1. The molecule has 1 aromatic rings. The zero-order chi connectivity index (χ0) is 18.6. The number of methoxy groups -OCH3 is 1. The van der Waals surface area contributed by atoms with Crippen molar-refractivity contribution in [2.24, 2.45) is 0 Å². The average molecular weight is 372 g/mol. The molecule has 0 spiro atoms. The number of aromatic hydroxyl groups is 1. The number of nitrogens with one attached hydrogen (secondary N) is 2. The summed E-state index contributed by atoms with van der Waals surface area (Å²) in [5.41, 5.74) is 0.396. The Morgan fingerprint density at radius 1 is 1.28 bits per heavy atom. The molecule has 138 valence electrons. The standard InChI is InChI=1S/C16H23ClN4O4/c1-20-4-6-21(2,7-5-20)10-15(23)18-12-9-14(22)13(8-11(12)17)19-16(24)25-3/h8-9H,4-7,10H2,1-3H3,(H2-,18,19,22,23,24)/p+1. The van der Waals surface area contributed by atoms with E-state index in [0.717, 1.165) is 26.2 Å². The fourth-order valence-corrected chi connectivity index (χ4v) is 2.87. The summed E-state index contributed by atoms with van der Waals surface area (Å²) in [4.78, 5) is 25.8. The summed E-state index contributed by atoms with van der Waals surface area (Å²) in [7, 11) is 5.33. The van der Waals surface area contributed by atoms with Crippen LogP contribution in [0.1, 0.15) is 0 Å². The number of rotatable bonds is 4. The van der Waals surface area contributed by atoms with Crippen LogP contribution in [-0.2, 0) is 9.53 Å². The van der Waals surface area contributed by atoms with Crippen molar-refractivity contribution in [2.45, 2.75) is 0 Å². The van der Waals surface area contributed by atoms with E-state index < -0.39 is 6.09 Å². The maximum Gasteiger partial charge on any atom is 0.411 e. The molecule has 3 N–H and O–H groups in total. The summed E-state index contributed by atoms with van der Waals surface area (Å²) in [5.74, 6) is -0.396. The molecule has 8 nitrogen and oxygen atoms in total. The molecular weight excluding hydrogens is 348 g/mol. The van der Waals surface area contributed by atoms with Gasteiger partial charge >= 0.3 is 6.09 Å². The number of likely N-dealkylation sites (N-methyl/N-ethyl adjacent to an activating group) is 2. The summed E-state index contributed by atoms with van der Waals surface area (Å²) in [5, 5.41) is 15.3. The Labute approximate surface area is 151 Å². The van der Waals surface area contributed by atoms with E-state index in [1.54, 1.807) is 0 Å². The average Bonchev–Trinajstić information content (AvgIpc) is 2.55. The number of phenols is 1. The van der Waals surface area contributed by atoms with Crippen LogP contribution in [0.5, 0.6) is 5.75 Å². The minimum absolute atomic E-state index is 0.105. The van der Waals surface area contributed by atoms with Gasteiger partial charge in [-0.3, -0.25) is 15.0 Å². The Morgan fingerprint density at radius 2 is 1.92 bits per heavy atom. The number of phenolic OH excluding ortho intramolecular Hbond substituents is 1. The molecule has 0 unspecified atom stereocenters. The fourth-order valence-electron chi connectivity index (χ4n) is 2.66. The van der Waals surface area contributed by atoms with Crippen LogP contribution in [-0.4, -0.2) is 80.4 Å². The van der Waals surface area contributed by atoms with E-state index in [4.69, 9.17) is 11.6 Å². The van der Waals surface area contributed by atoms with Gasteiger partial charge in [-0.2, -0.15) is 0 Å². The molecule has 2 rings (SSSR count). The van der Waals surface area contributed by atoms with Gasteiger partial charge < -0.3 is 19.6 Å². The molecule has 0 aromatic heterocycles. The van der Waals surface area contributed by atoms with E-state index in [1.165, 1.54) is 19.2 Å². The lowest BCUT2D eigenvalue weighted by atomic mass is 10.2. The molecule has 1 saturated heterocycles. The Bertz CT molecular complexity index is 660. The molecule has 2 amide bonds. The van der Waals surface area contributed by atoms with Crippen LogP contribution in [0.3, 0.4) is 0 Å². The molecule has 0 radical (unpaired) electrons. The van der Waals surface area contributed by atoms with E-state index in [2.05, 4.69) is 34.4 Å². The second kappa shape index (κ2) is 7.90. The monoisotopic (exact) mass is 371 g/mol. The van der Waals surface area contributed by atoms with Crippen LogP contribution < -0.4 is 10.6 Å². The topological polar surface area (TPSA) is 90.9 Å². The van der Waals surface area contributed by atoms with Gasteiger partial charge in [-0.05, 0) is 13.1 Å². The summed E-state index contributed by atoms with van der Waals surface area (Å²) >= 11 is 6.14. The third kappa shape index (κ3) is 5.22. The molecule has 25 heavy (non-hydrogen) atoms. The second-order valence-corrected chi connectivity index (χ2v) is 6.95. The summed E-state index contributed by atoms with van der Waals surface area (Å²) in [6.07, 6.45) is -0.726. The first-order valence-electron chi connectivity index (χ1n) is 7.92. The predicted octanol–water partition coefficient (Wildman–Crippen LogP) is 1.55. The molecule has 1 aliphatic rings. The van der Waals surface area contributed by atoms with Gasteiger partial charge in [-0.25, -0.2) is 4.79 Å². The number of halogens is 1. The van der Waals surface area contributed by atoms with Crippen molar-refractivity contribution < 1.29 is 23.9 Å². The van der Waals surface area contributed by atoms with Crippen molar-refractivity contribution in [1.82, 2.24) is 4.90 Å². The Hall–Kier alpha value is -2.03. The first kappa shape index (κ1) is 19.3. The van der Waals surface area contributed by atoms with Crippen molar-refractivity contribution in [1.29, 1.82) is 0 Å². The SMILES string of the molecule is COC(=O)Nc1cc(Cl)c(NC(=O)C[N+]2(C)CCN(C)CC2)cc1O. The first-order chi connectivity index (χ1) is 11.7. The Kier molecular flexibility index (Phi) is 6.10. The lowest BCUT2D eigenvalue weighted by molar-refractivity contribution is -0.905. The summed E-state index contributed by atoms with van der Waals surface area (Å²) in [6, 6.07) is 2.66. The highest BCUT2D eigenvalue weighted by molar-refractivity contribution is 6.34. The fraction of sp³-hybridized carbons (Fsp3) is 0.500. The van der Waals surface area contributed by atoms with E-state index >= 15 is 0 Å². The van der Waals surface area contributed by atoms with E-state index in [0.29, 0.717) is 16.7 Å². The number of hydrogen-bond acceptors (Lipinski definition) is 5. The predicted molar refractivity (Wildman–Crippen MR) is 96.1 cm³/mol. The number of carbonyl (C=O) groups excluding carboxylic acids is 2. The van der Waals surface area contributed by atoms with Crippen molar-refractivity contribution >= 4 is 35.0 Å². The Morgan fingerprint density at radius 3 is 2.52 bits per heavy atom. The lowest BCUT2D eigenvalue weighted by Gasteiger charge is -2.40. The number of piperazine rings is 1. The van der Waals surface area contributed by atoms with Gasteiger partial charge in [-0.1, -0.05) is 11.6 Å². The number of carbonyl (C=O) groups is 2. The van der Waals surface area contributed by atoms with Crippen LogP contribution in [0.25, 0.3) is 0 Å². The molecule has 1 aliphatic heterocycles. The van der Waals surface area contributed by atoms with Crippen LogP contribution in [0.15, 0.2) is 12.1 Å². The highest BCUT2D eigenvalue weighted by Crippen LogP contribution is 2.34. The van der Waals surface area contributed by atoms with Crippen molar-refractivity contribution in [3.05, 3.63) is 17.2 Å². The number of nitrogens with zero attached hydrogens (tertiary/aromatic N) is 2. The minimum Gasteiger partial charge on any atom is -0.506 e. The first-order valence-corrected chi connectivity index (χ1v) is 8.29. The molecule has 0 atom stereocenters. The maximum atomic E-state index is 12.4. The lowest BCUT2D eigenvalue weighted by Crippen LogP contribution is -2.58. The molecule has 0 bridgehead atoms. The number of hydrogen-bond donors (Lipinski definition) is 3. The highest BCUT2D eigenvalue weighted by Gasteiger charge is 2.30. The number of anilines is 2. The van der Waals surface area contributed by atoms with Gasteiger partial charge in [0.25, 0.3) is 5.91 Å². The van der Waals surface area contributed by atoms with Gasteiger partial charge in [0.2, 0.25) is 0 Å². The van der Waals surface area contributed by atoms with Crippen molar-refractivity contribution in [3.63, 3.8) is 0 Å². The van der Waals surface area contributed by atoms with E-state index in [-0.39, 0.29) is 22.4 Å². The van der Waals surface area contributed by atoms with E-state index in [1.807, 2.05) is 0 Å². The smallest absolute Gasteiger partial charge is 0.411 e. The van der Waals surface area contributed by atoms with Gasteiger partial charge in [-0.15, -0.1) is 0 Å². The molecule has 1 fully saturated rings. The summed E-state index contributed by atoms with van der Waals surface area (Å²) < 4.78 is 5.12. The van der Waals surface area contributed by atoms with Crippen molar-refractivity contribution in [3.8, 4) is 5.75 Å². The van der Waals surface area contributed by atoms with Gasteiger partial charge in [0.05, 0.1) is 43.6 Å². The number of amides is 2. The largest absolute Gasteiger partial charge is 0.506 e. The van der Waals surface area contributed by atoms with Gasteiger partial charge in [0.15, 0.2) is 6.54 Å². The molecule has 0 saturated carbocycles. The zero-order valence-corrected chi connectivity index (χ0v) is 15.4. The van der Waals surface area contributed by atoms with Gasteiger partial charge in [0, 0.05) is 19.2 Å². The van der Waals surface area contributed by atoms with Crippen LogP contribution >= 0.6 is 11.6 Å². The van der Waals surface area contributed by atoms with Crippen LogP contribution in [0.2, 0.25) is 5.02 Å². The quantitative estimate of drug-likeness (QED) is 0.552. The molecule has 9 heteroatoms. The molecule has 1 aromatic carbocycles. The van der Waals surface area contributed by atoms with Crippen LogP contribution in [0, 0.1) is 0 Å². The summed E-state index contributed by atoms with van der Waals surface area (Å²) in [6.45, 7) is 4.00. The maximum absolute atomic E-state index is 12.4. The van der Waals surface area contributed by atoms with Crippen LogP contribution in [0.4, 0.5) is 16.2 Å². The minimum atomic E-state index is -0.726. The third-order valence-electron chi connectivity index (χ3n) is 4.35. The highest BCUT2D eigenvalue weighted by atomic mass is 35.5. The number of quaternary nitrogens is 1. The molecule has 0 aliphatic carbocycles.